The molecule has 2 rings (SSSR count). The molecule has 1 unspecified atom stereocenters. The number of aromatic nitrogens is 2. The topological polar surface area (TPSA) is 102 Å². The van der Waals surface area contributed by atoms with Crippen LogP contribution in [0, 0.1) is 0 Å². The van der Waals surface area contributed by atoms with E-state index < -0.39 is 16.0 Å². The molecule has 0 saturated carbocycles. The Labute approximate surface area is 117 Å². The minimum Gasteiger partial charge on any atom is -0.480 e. The fourth-order valence-electron chi connectivity index (χ4n) is 2.12. The highest BCUT2D eigenvalue weighted by atomic mass is 32.2. The van der Waals surface area contributed by atoms with Crippen LogP contribution in [0.1, 0.15) is 13.3 Å². The largest absolute Gasteiger partial charge is 0.480 e. The lowest BCUT2D eigenvalue weighted by Crippen LogP contribution is -2.48. The summed E-state index contributed by atoms with van der Waals surface area (Å²) in [5.74, 6) is -1.07. The summed E-state index contributed by atoms with van der Waals surface area (Å²) in [4.78, 5) is 10.6. The zero-order valence-electron chi connectivity index (χ0n) is 11.1. The van der Waals surface area contributed by atoms with Gasteiger partial charge in [-0.25, -0.2) is 8.42 Å². The van der Waals surface area contributed by atoms with Crippen LogP contribution in [0.2, 0.25) is 0 Å². The summed E-state index contributed by atoms with van der Waals surface area (Å²) in [5, 5.41) is 12.4. The highest BCUT2D eigenvalue weighted by molar-refractivity contribution is 7.89. The molecular weight excluding hydrogens is 286 g/mol. The van der Waals surface area contributed by atoms with Gasteiger partial charge < -0.3 is 9.84 Å². The number of rotatable bonds is 5. The maximum Gasteiger partial charge on any atom is 0.325 e. The van der Waals surface area contributed by atoms with Crippen molar-refractivity contribution in [3.8, 4) is 0 Å². The Morgan fingerprint density at radius 2 is 2.35 bits per heavy atom. The molecule has 0 bridgehead atoms. The first kappa shape index (κ1) is 14.9. The van der Waals surface area contributed by atoms with Crippen molar-refractivity contribution in [2.24, 2.45) is 0 Å². The second-order valence-corrected chi connectivity index (χ2v) is 6.41. The van der Waals surface area contributed by atoms with Gasteiger partial charge >= 0.3 is 5.97 Å². The number of hydrogen-bond donors (Lipinski definition) is 1. The highest BCUT2D eigenvalue weighted by Crippen LogP contribution is 2.21. The summed E-state index contributed by atoms with van der Waals surface area (Å²) in [6, 6.07) is -0.198. The maximum absolute atomic E-state index is 12.5. The normalized spacial score (nSPS) is 20.9. The summed E-state index contributed by atoms with van der Waals surface area (Å²) in [5.41, 5.74) is 0. The van der Waals surface area contributed by atoms with Crippen molar-refractivity contribution < 1.29 is 23.1 Å². The van der Waals surface area contributed by atoms with Gasteiger partial charge in [-0.2, -0.15) is 9.40 Å². The van der Waals surface area contributed by atoms with Crippen molar-refractivity contribution in [3.63, 3.8) is 0 Å². The van der Waals surface area contributed by atoms with Crippen molar-refractivity contribution in [1.82, 2.24) is 14.1 Å². The number of sulfonamides is 1. The van der Waals surface area contributed by atoms with E-state index in [0.717, 1.165) is 4.68 Å². The molecule has 20 heavy (non-hydrogen) atoms. The van der Waals surface area contributed by atoms with Crippen LogP contribution >= 0.6 is 0 Å². The van der Waals surface area contributed by atoms with E-state index in [4.69, 9.17) is 9.84 Å². The Hall–Kier alpha value is -1.45. The average molecular weight is 303 g/mol. The lowest BCUT2D eigenvalue weighted by molar-refractivity contribution is -0.137. The Morgan fingerprint density at radius 1 is 1.60 bits per heavy atom. The fourth-order valence-corrected chi connectivity index (χ4v) is 3.74. The molecule has 0 radical (unpaired) electrons. The van der Waals surface area contributed by atoms with Crippen LogP contribution in [-0.2, 0) is 26.1 Å². The van der Waals surface area contributed by atoms with E-state index in [1.165, 1.54) is 16.7 Å². The third-order valence-electron chi connectivity index (χ3n) is 3.16. The number of morpholine rings is 1. The molecule has 0 aromatic carbocycles. The van der Waals surface area contributed by atoms with Gasteiger partial charge in [0.2, 0.25) is 10.0 Å². The maximum atomic E-state index is 12.5. The molecule has 1 fully saturated rings. The van der Waals surface area contributed by atoms with Crippen LogP contribution in [0.4, 0.5) is 0 Å². The van der Waals surface area contributed by atoms with Crippen molar-refractivity contribution in [2.45, 2.75) is 30.8 Å². The molecule has 112 valence electrons. The molecule has 9 heteroatoms. The molecule has 1 aliphatic rings. The lowest BCUT2D eigenvalue weighted by Gasteiger charge is -2.33. The number of nitrogens with zero attached hydrogens (tertiary/aromatic N) is 3. The lowest BCUT2D eigenvalue weighted by atomic mass is 10.2. The van der Waals surface area contributed by atoms with Gasteiger partial charge in [0, 0.05) is 18.8 Å². The summed E-state index contributed by atoms with van der Waals surface area (Å²) < 4.78 is 32.8. The number of aliphatic carboxylic acids is 1. The molecule has 1 aliphatic heterocycles. The van der Waals surface area contributed by atoms with Gasteiger partial charge in [0.25, 0.3) is 0 Å². The van der Waals surface area contributed by atoms with Crippen LogP contribution in [-0.4, -0.2) is 59.4 Å². The van der Waals surface area contributed by atoms with Gasteiger partial charge in [0.05, 0.1) is 19.4 Å². The third-order valence-corrected chi connectivity index (χ3v) is 5.06. The molecule has 0 spiro atoms. The van der Waals surface area contributed by atoms with E-state index >= 15 is 0 Å². The van der Waals surface area contributed by atoms with E-state index in [1.54, 1.807) is 0 Å². The molecule has 0 aliphatic carbocycles. The predicted molar refractivity (Wildman–Crippen MR) is 68.7 cm³/mol. The van der Waals surface area contributed by atoms with Gasteiger partial charge in [-0.15, -0.1) is 0 Å². The number of ether oxygens (including phenoxy) is 1. The van der Waals surface area contributed by atoms with E-state index in [0.29, 0.717) is 26.2 Å². The second-order valence-electron chi connectivity index (χ2n) is 4.52. The monoisotopic (exact) mass is 303 g/mol. The highest BCUT2D eigenvalue weighted by Gasteiger charge is 2.33. The Bertz CT molecular complexity index is 583. The molecule has 1 atom stereocenters. The number of carboxylic acids is 1. The minimum atomic E-state index is -3.66. The molecule has 0 amide bonds. The summed E-state index contributed by atoms with van der Waals surface area (Å²) in [7, 11) is -3.66. The minimum absolute atomic E-state index is 0.0131. The van der Waals surface area contributed by atoms with Gasteiger partial charge in [0.1, 0.15) is 11.4 Å². The summed E-state index contributed by atoms with van der Waals surface area (Å²) in [6.45, 7) is 2.56. The number of carboxylic acid groups (broad SMARTS) is 1. The molecular formula is C11H17N3O5S. The van der Waals surface area contributed by atoms with Crippen LogP contribution in [0.25, 0.3) is 0 Å². The smallest absolute Gasteiger partial charge is 0.325 e. The van der Waals surface area contributed by atoms with Crippen LogP contribution in [0.3, 0.4) is 0 Å². The second kappa shape index (κ2) is 5.90. The van der Waals surface area contributed by atoms with Crippen LogP contribution in [0.5, 0.6) is 0 Å². The SMILES string of the molecule is CCC1COCCN1S(=O)(=O)c1cnn(CC(=O)O)c1. The first-order valence-electron chi connectivity index (χ1n) is 6.29. The first-order chi connectivity index (χ1) is 9.45. The van der Waals surface area contributed by atoms with Crippen LogP contribution in [0.15, 0.2) is 17.3 Å². The Kier molecular flexibility index (Phi) is 4.41. The Balaban J connectivity index is 2.24. The van der Waals surface area contributed by atoms with E-state index in [-0.39, 0.29) is 17.5 Å². The summed E-state index contributed by atoms with van der Waals surface area (Å²) in [6.07, 6.45) is 3.08. The molecule has 8 nitrogen and oxygen atoms in total. The van der Waals surface area contributed by atoms with Crippen LogP contribution < -0.4 is 0 Å². The third kappa shape index (κ3) is 3.00. The van der Waals surface area contributed by atoms with E-state index in [1.807, 2.05) is 6.92 Å². The molecule has 1 aromatic heterocycles. The molecule has 2 heterocycles. The first-order valence-corrected chi connectivity index (χ1v) is 7.73. The van der Waals surface area contributed by atoms with Gasteiger partial charge in [-0.3, -0.25) is 9.48 Å². The quantitative estimate of drug-likeness (QED) is 0.806. The van der Waals surface area contributed by atoms with E-state index in [2.05, 4.69) is 5.10 Å². The van der Waals surface area contributed by atoms with Crippen molar-refractivity contribution in [1.29, 1.82) is 0 Å². The molecule has 1 aromatic rings. The molecule has 1 saturated heterocycles. The zero-order valence-corrected chi connectivity index (χ0v) is 11.9. The number of hydrogen-bond acceptors (Lipinski definition) is 5. The van der Waals surface area contributed by atoms with Crippen molar-refractivity contribution >= 4 is 16.0 Å². The standard InChI is InChI=1S/C11H17N3O5S/c1-2-9-8-19-4-3-14(9)20(17,18)10-5-12-13(6-10)7-11(15)16/h5-6,9H,2-4,7-8H2,1H3,(H,15,16). The summed E-state index contributed by atoms with van der Waals surface area (Å²) >= 11 is 0. The predicted octanol–water partition coefficient (Wildman–Crippen LogP) is -0.233. The zero-order chi connectivity index (χ0) is 14.8. The van der Waals surface area contributed by atoms with Gasteiger partial charge in [-0.1, -0.05) is 6.92 Å². The van der Waals surface area contributed by atoms with E-state index in [9.17, 15) is 13.2 Å². The fraction of sp³-hybridized carbons (Fsp3) is 0.636. The van der Waals surface area contributed by atoms with Gasteiger partial charge in [0.15, 0.2) is 0 Å². The molecule has 1 N–H and O–H groups in total. The Morgan fingerprint density at radius 3 is 3.00 bits per heavy atom. The average Bonchev–Trinajstić information content (AvgIpc) is 2.87. The van der Waals surface area contributed by atoms with Crippen molar-refractivity contribution in [2.75, 3.05) is 19.8 Å². The van der Waals surface area contributed by atoms with Crippen molar-refractivity contribution in [3.05, 3.63) is 12.4 Å². The number of carbonyl (C=O) groups is 1. The van der Waals surface area contributed by atoms with Gasteiger partial charge in [-0.05, 0) is 6.42 Å².